The predicted molar refractivity (Wildman–Crippen MR) is 68.5 cm³/mol. The summed E-state index contributed by atoms with van der Waals surface area (Å²) in [6.07, 6.45) is 4.15. The van der Waals surface area contributed by atoms with Gasteiger partial charge in [-0.1, -0.05) is 0 Å². The first-order valence-electron chi connectivity index (χ1n) is 6.89. The lowest BCUT2D eigenvalue weighted by Gasteiger charge is -2.32. The average molecular weight is 225 g/mol. The molecule has 2 fully saturated rings. The van der Waals surface area contributed by atoms with Crippen molar-refractivity contribution in [3.63, 3.8) is 0 Å². The molecule has 2 aliphatic heterocycles. The Morgan fingerprint density at radius 2 is 2.06 bits per heavy atom. The number of nitrogens with one attached hydrogen (secondary N) is 1. The fourth-order valence-electron chi connectivity index (χ4n) is 3.23. The van der Waals surface area contributed by atoms with E-state index in [1.54, 1.807) is 0 Å². The van der Waals surface area contributed by atoms with E-state index in [9.17, 15) is 0 Å². The molecule has 0 spiro atoms. The molecule has 2 heterocycles. The Kier molecular flexibility index (Phi) is 4.22. The minimum Gasteiger partial charge on any atom is -0.303 e. The highest BCUT2D eigenvalue weighted by Crippen LogP contribution is 2.25. The Morgan fingerprint density at radius 1 is 1.25 bits per heavy atom. The minimum absolute atomic E-state index is 0.719. The number of likely N-dealkylation sites (tertiary alicyclic amines) is 1. The van der Waals surface area contributed by atoms with E-state index in [1.807, 2.05) is 0 Å². The lowest BCUT2D eigenvalue weighted by Crippen LogP contribution is -2.41. The van der Waals surface area contributed by atoms with E-state index in [0.29, 0.717) is 0 Å². The summed E-state index contributed by atoms with van der Waals surface area (Å²) in [5.41, 5.74) is 0. The molecule has 0 amide bonds. The van der Waals surface area contributed by atoms with Gasteiger partial charge in [-0.15, -0.1) is 0 Å². The largest absolute Gasteiger partial charge is 0.303 e. The van der Waals surface area contributed by atoms with Crippen LogP contribution in [0.25, 0.3) is 0 Å². The summed E-state index contributed by atoms with van der Waals surface area (Å²) >= 11 is 0. The third kappa shape index (κ3) is 2.76. The van der Waals surface area contributed by atoms with E-state index in [-0.39, 0.29) is 0 Å². The number of hydrogen-bond acceptors (Lipinski definition) is 3. The van der Waals surface area contributed by atoms with Crippen LogP contribution in [0.1, 0.15) is 40.0 Å². The monoisotopic (exact) mass is 225 g/mol. The SMILES string of the molecule is CC(CC1CCCN1C(C)C)N1CCNC1. The van der Waals surface area contributed by atoms with Crippen LogP contribution in [0.5, 0.6) is 0 Å². The van der Waals surface area contributed by atoms with Gasteiger partial charge in [0, 0.05) is 37.9 Å². The number of hydrogen-bond donors (Lipinski definition) is 1. The molecule has 3 nitrogen and oxygen atoms in total. The second-order valence-electron chi connectivity index (χ2n) is 5.68. The molecule has 0 aromatic carbocycles. The van der Waals surface area contributed by atoms with Crippen molar-refractivity contribution in [3.8, 4) is 0 Å². The molecule has 0 aliphatic carbocycles. The second kappa shape index (κ2) is 5.48. The Bertz CT molecular complexity index is 211. The molecule has 2 atom stereocenters. The van der Waals surface area contributed by atoms with Gasteiger partial charge in [0.2, 0.25) is 0 Å². The van der Waals surface area contributed by atoms with Crippen molar-refractivity contribution in [1.82, 2.24) is 15.1 Å². The van der Waals surface area contributed by atoms with Crippen LogP contribution in [-0.2, 0) is 0 Å². The fourth-order valence-corrected chi connectivity index (χ4v) is 3.23. The van der Waals surface area contributed by atoms with Crippen LogP contribution in [0.4, 0.5) is 0 Å². The van der Waals surface area contributed by atoms with Gasteiger partial charge < -0.3 is 5.32 Å². The van der Waals surface area contributed by atoms with Crippen LogP contribution in [0.15, 0.2) is 0 Å². The van der Waals surface area contributed by atoms with E-state index in [0.717, 1.165) is 24.8 Å². The number of rotatable bonds is 4. The van der Waals surface area contributed by atoms with Crippen molar-refractivity contribution in [3.05, 3.63) is 0 Å². The maximum Gasteiger partial charge on any atom is 0.0484 e. The quantitative estimate of drug-likeness (QED) is 0.782. The lowest BCUT2D eigenvalue weighted by atomic mass is 10.0. The molecule has 1 N–H and O–H groups in total. The van der Waals surface area contributed by atoms with Gasteiger partial charge in [-0.3, -0.25) is 9.80 Å². The zero-order valence-corrected chi connectivity index (χ0v) is 11.1. The van der Waals surface area contributed by atoms with Crippen LogP contribution < -0.4 is 5.32 Å². The van der Waals surface area contributed by atoms with Gasteiger partial charge in [-0.2, -0.15) is 0 Å². The van der Waals surface area contributed by atoms with E-state index in [2.05, 4.69) is 35.9 Å². The molecule has 0 saturated carbocycles. The molecule has 2 saturated heterocycles. The molecular weight excluding hydrogens is 198 g/mol. The number of nitrogens with zero attached hydrogens (tertiary/aromatic N) is 2. The molecule has 0 radical (unpaired) electrons. The standard InChI is InChI=1S/C13H27N3/c1-11(2)16-7-4-5-13(16)9-12(3)15-8-6-14-10-15/h11-14H,4-10H2,1-3H3. The molecule has 2 rings (SSSR count). The zero-order chi connectivity index (χ0) is 11.5. The molecule has 0 aromatic rings. The Morgan fingerprint density at radius 3 is 2.69 bits per heavy atom. The maximum absolute atomic E-state index is 3.42. The minimum atomic E-state index is 0.719. The molecule has 0 bridgehead atoms. The van der Waals surface area contributed by atoms with Crippen LogP contribution in [0.3, 0.4) is 0 Å². The summed E-state index contributed by atoms with van der Waals surface area (Å²) in [5.74, 6) is 0. The van der Waals surface area contributed by atoms with Gasteiger partial charge in [0.15, 0.2) is 0 Å². The van der Waals surface area contributed by atoms with Crippen molar-refractivity contribution in [2.45, 2.75) is 58.2 Å². The average Bonchev–Trinajstić information content (AvgIpc) is 2.86. The lowest BCUT2D eigenvalue weighted by molar-refractivity contribution is 0.150. The van der Waals surface area contributed by atoms with Gasteiger partial charge in [-0.05, 0) is 46.6 Å². The van der Waals surface area contributed by atoms with Crippen molar-refractivity contribution >= 4 is 0 Å². The molecule has 94 valence electrons. The smallest absolute Gasteiger partial charge is 0.0484 e. The second-order valence-corrected chi connectivity index (χ2v) is 5.68. The topological polar surface area (TPSA) is 18.5 Å². The first kappa shape index (κ1) is 12.3. The summed E-state index contributed by atoms with van der Waals surface area (Å²) in [4.78, 5) is 5.27. The summed E-state index contributed by atoms with van der Waals surface area (Å²) in [6, 6.07) is 2.28. The van der Waals surface area contributed by atoms with Gasteiger partial charge >= 0.3 is 0 Å². The third-order valence-corrected chi connectivity index (χ3v) is 4.21. The van der Waals surface area contributed by atoms with Crippen molar-refractivity contribution in [1.29, 1.82) is 0 Å². The summed E-state index contributed by atoms with van der Waals surface area (Å²) in [6.45, 7) is 11.9. The molecule has 16 heavy (non-hydrogen) atoms. The van der Waals surface area contributed by atoms with Crippen LogP contribution in [0.2, 0.25) is 0 Å². The predicted octanol–water partition coefficient (Wildman–Crippen LogP) is 1.50. The highest BCUT2D eigenvalue weighted by Gasteiger charge is 2.29. The van der Waals surface area contributed by atoms with Crippen molar-refractivity contribution in [2.24, 2.45) is 0 Å². The van der Waals surface area contributed by atoms with Gasteiger partial charge in [-0.25, -0.2) is 0 Å². The van der Waals surface area contributed by atoms with E-state index < -0.39 is 0 Å². The fraction of sp³-hybridized carbons (Fsp3) is 1.00. The zero-order valence-electron chi connectivity index (χ0n) is 11.1. The maximum atomic E-state index is 3.42. The molecule has 0 aromatic heterocycles. The van der Waals surface area contributed by atoms with E-state index in [1.165, 1.54) is 38.9 Å². The van der Waals surface area contributed by atoms with Crippen LogP contribution in [0, 0.1) is 0 Å². The Labute approximate surface area is 100 Å². The molecule has 2 aliphatic rings. The molecule has 3 heteroatoms. The van der Waals surface area contributed by atoms with E-state index in [4.69, 9.17) is 0 Å². The van der Waals surface area contributed by atoms with Gasteiger partial charge in [0.1, 0.15) is 0 Å². The highest BCUT2D eigenvalue weighted by molar-refractivity contribution is 4.85. The molecule has 2 unspecified atom stereocenters. The van der Waals surface area contributed by atoms with E-state index >= 15 is 0 Å². The Balaban J connectivity index is 1.83. The van der Waals surface area contributed by atoms with Gasteiger partial charge in [0.25, 0.3) is 0 Å². The third-order valence-electron chi connectivity index (χ3n) is 4.21. The van der Waals surface area contributed by atoms with Gasteiger partial charge in [0.05, 0.1) is 0 Å². The Hall–Kier alpha value is -0.120. The first-order chi connectivity index (χ1) is 7.68. The van der Waals surface area contributed by atoms with Crippen molar-refractivity contribution < 1.29 is 0 Å². The highest BCUT2D eigenvalue weighted by atomic mass is 15.3. The molecular formula is C13H27N3. The summed E-state index contributed by atoms with van der Waals surface area (Å²) in [5, 5.41) is 3.42. The van der Waals surface area contributed by atoms with Crippen LogP contribution >= 0.6 is 0 Å². The summed E-state index contributed by atoms with van der Waals surface area (Å²) in [7, 11) is 0. The summed E-state index contributed by atoms with van der Waals surface area (Å²) < 4.78 is 0. The first-order valence-corrected chi connectivity index (χ1v) is 6.89. The normalized spacial score (nSPS) is 30.4. The van der Waals surface area contributed by atoms with Crippen molar-refractivity contribution in [2.75, 3.05) is 26.3 Å². The van der Waals surface area contributed by atoms with Crippen LogP contribution in [-0.4, -0.2) is 54.2 Å².